The van der Waals surface area contributed by atoms with Gasteiger partial charge in [0, 0.05) is 49.5 Å². The van der Waals surface area contributed by atoms with Gasteiger partial charge in [0.1, 0.15) is 5.69 Å². The first-order valence-corrected chi connectivity index (χ1v) is 9.19. The van der Waals surface area contributed by atoms with E-state index in [4.69, 9.17) is 4.52 Å². The Kier molecular flexibility index (Phi) is 5.34. The summed E-state index contributed by atoms with van der Waals surface area (Å²) >= 11 is 0. The normalized spacial score (nSPS) is 15.1. The van der Waals surface area contributed by atoms with E-state index in [2.05, 4.69) is 30.0 Å². The Hall–Kier alpha value is -3.20. The molecule has 0 spiro atoms. The average Bonchev–Trinajstić information content (AvgIpc) is 3.23. The summed E-state index contributed by atoms with van der Waals surface area (Å²) in [6.07, 6.45) is 9.79. The third kappa shape index (κ3) is 4.04. The van der Waals surface area contributed by atoms with Crippen molar-refractivity contribution in [2.45, 2.75) is 25.4 Å². The van der Waals surface area contributed by atoms with Gasteiger partial charge in [0.25, 0.3) is 5.91 Å². The van der Waals surface area contributed by atoms with Crippen LogP contribution < -0.4 is 0 Å². The molecule has 1 saturated heterocycles. The standard InChI is InChI=1S/C19H21N7O2/c1-25(13-17-23-18(24-28-17)14-2-6-20-7-3-14)15-4-10-26(11-5-15)19(27)16-12-21-8-9-22-16/h2-3,6-9,12,15H,4-5,10-11,13H2,1H3. The second-order valence-corrected chi connectivity index (χ2v) is 6.78. The molecule has 0 saturated carbocycles. The summed E-state index contributed by atoms with van der Waals surface area (Å²) in [5.74, 6) is 1.08. The molecule has 0 atom stereocenters. The number of rotatable bonds is 5. The molecule has 28 heavy (non-hydrogen) atoms. The molecule has 1 amide bonds. The Morgan fingerprint density at radius 1 is 1.18 bits per heavy atom. The third-order valence-corrected chi connectivity index (χ3v) is 4.95. The van der Waals surface area contributed by atoms with Gasteiger partial charge in [-0.25, -0.2) is 4.98 Å². The molecule has 4 heterocycles. The van der Waals surface area contributed by atoms with Crippen LogP contribution in [-0.2, 0) is 6.54 Å². The Morgan fingerprint density at radius 2 is 1.96 bits per heavy atom. The van der Waals surface area contributed by atoms with E-state index < -0.39 is 0 Å². The van der Waals surface area contributed by atoms with E-state index in [1.807, 2.05) is 24.1 Å². The number of carbonyl (C=O) groups is 1. The number of carbonyl (C=O) groups excluding carboxylic acids is 1. The Bertz CT molecular complexity index is 908. The Labute approximate surface area is 162 Å². The molecular formula is C19H21N7O2. The summed E-state index contributed by atoms with van der Waals surface area (Å²) in [6.45, 7) is 1.95. The van der Waals surface area contributed by atoms with Crippen molar-refractivity contribution in [1.82, 2.24) is 34.9 Å². The second kappa shape index (κ2) is 8.22. The van der Waals surface area contributed by atoms with Crippen LogP contribution in [0.5, 0.6) is 0 Å². The minimum absolute atomic E-state index is 0.0619. The van der Waals surface area contributed by atoms with E-state index in [1.165, 1.54) is 6.20 Å². The van der Waals surface area contributed by atoms with Crippen LogP contribution >= 0.6 is 0 Å². The van der Waals surface area contributed by atoms with Gasteiger partial charge in [-0.15, -0.1) is 0 Å². The zero-order valence-electron chi connectivity index (χ0n) is 15.6. The van der Waals surface area contributed by atoms with Crippen molar-refractivity contribution in [3.63, 3.8) is 0 Å². The summed E-state index contributed by atoms with van der Waals surface area (Å²) in [7, 11) is 2.04. The molecule has 0 aromatic carbocycles. The van der Waals surface area contributed by atoms with E-state index in [0.717, 1.165) is 18.4 Å². The zero-order chi connectivity index (χ0) is 19.3. The van der Waals surface area contributed by atoms with Gasteiger partial charge in [-0.05, 0) is 32.0 Å². The Morgan fingerprint density at radius 3 is 2.68 bits per heavy atom. The largest absolute Gasteiger partial charge is 0.338 e. The number of amides is 1. The molecule has 3 aromatic rings. The molecule has 4 rings (SSSR count). The molecule has 0 bridgehead atoms. The van der Waals surface area contributed by atoms with Crippen LogP contribution in [0.4, 0.5) is 0 Å². The minimum atomic E-state index is -0.0619. The van der Waals surface area contributed by atoms with E-state index >= 15 is 0 Å². The van der Waals surface area contributed by atoms with E-state index in [0.29, 0.717) is 43.1 Å². The fraction of sp³-hybridized carbons (Fsp3) is 0.368. The lowest BCUT2D eigenvalue weighted by Gasteiger charge is -2.36. The fourth-order valence-corrected chi connectivity index (χ4v) is 3.36. The fourth-order valence-electron chi connectivity index (χ4n) is 3.36. The molecule has 0 radical (unpaired) electrons. The van der Waals surface area contributed by atoms with Gasteiger partial charge in [0.05, 0.1) is 12.7 Å². The summed E-state index contributed by atoms with van der Waals surface area (Å²) in [5, 5.41) is 4.05. The van der Waals surface area contributed by atoms with Crippen molar-refractivity contribution in [1.29, 1.82) is 0 Å². The lowest BCUT2D eigenvalue weighted by molar-refractivity contribution is 0.0623. The van der Waals surface area contributed by atoms with Crippen molar-refractivity contribution in [2.75, 3.05) is 20.1 Å². The van der Waals surface area contributed by atoms with Gasteiger partial charge >= 0.3 is 0 Å². The van der Waals surface area contributed by atoms with Crippen molar-refractivity contribution >= 4 is 5.91 Å². The molecule has 1 aliphatic heterocycles. The molecule has 9 heteroatoms. The summed E-state index contributed by atoms with van der Waals surface area (Å²) in [5.41, 5.74) is 1.27. The quantitative estimate of drug-likeness (QED) is 0.660. The molecule has 3 aromatic heterocycles. The number of pyridine rings is 1. The van der Waals surface area contributed by atoms with E-state index in [1.54, 1.807) is 24.8 Å². The van der Waals surface area contributed by atoms with Crippen LogP contribution in [-0.4, -0.2) is 67.0 Å². The van der Waals surface area contributed by atoms with Crippen molar-refractivity contribution < 1.29 is 9.32 Å². The molecule has 1 aliphatic rings. The Balaban J connectivity index is 1.31. The maximum absolute atomic E-state index is 12.5. The van der Waals surface area contributed by atoms with Gasteiger partial charge in [-0.3, -0.25) is 19.7 Å². The van der Waals surface area contributed by atoms with Gasteiger partial charge in [0.2, 0.25) is 11.7 Å². The highest BCUT2D eigenvalue weighted by Crippen LogP contribution is 2.20. The van der Waals surface area contributed by atoms with Gasteiger partial charge in [0.15, 0.2) is 0 Å². The van der Waals surface area contributed by atoms with Crippen LogP contribution in [0.3, 0.4) is 0 Å². The first-order valence-electron chi connectivity index (χ1n) is 9.19. The van der Waals surface area contributed by atoms with Gasteiger partial charge in [-0.2, -0.15) is 4.98 Å². The summed E-state index contributed by atoms with van der Waals surface area (Å²) in [4.78, 5) is 33.0. The molecule has 0 unspecified atom stereocenters. The maximum Gasteiger partial charge on any atom is 0.274 e. The average molecular weight is 379 g/mol. The second-order valence-electron chi connectivity index (χ2n) is 6.78. The van der Waals surface area contributed by atoms with Crippen molar-refractivity contribution in [3.8, 4) is 11.4 Å². The number of hydrogen-bond acceptors (Lipinski definition) is 8. The predicted molar refractivity (Wildman–Crippen MR) is 100.0 cm³/mol. The zero-order valence-corrected chi connectivity index (χ0v) is 15.6. The highest BCUT2D eigenvalue weighted by molar-refractivity contribution is 5.92. The maximum atomic E-state index is 12.5. The predicted octanol–water partition coefficient (Wildman–Crippen LogP) is 1.66. The topological polar surface area (TPSA) is 101 Å². The lowest BCUT2D eigenvalue weighted by Crippen LogP contribution is -2.45. The number of nitrogens with zero attached hydrogens (tertiary/aromatic N) is 7. The molecule has 1 fully saturated rings. The van der Waals surface area contributed by atoms with Crippen LogP contribution in [0.1, 0.15) is 29.2 Å². The number of likely N-dealkylation sites (tertiary alicyclic amines) is 1. The summed E-state index contributed by atoms with van der Waals surface area (Å²) < 4.78 is 5.39. The highest BCUT2D eigenvalue weighted by Gasteiger charge is 2.27. The van der Waals surface area contributed by atoms with E-state index in [9.17, 15) is 4.79 Å². The molecule has 0 aliphatic carbocycles. The van der Waals surface area contributed by atoms with Crippen LogP contribution in [0.2, 0.25) is 0 Å². The molecule has 9 nitrogen and oxygen atoms in total. The van der Waals surface area contributed by atoms with Gasteiger partial charge < -0.3 is 9.42 Å². The molecular weight excluding hydrogens is 358 g/mol. The summed E-state index contributed by atoms with van der Waals surface area (Å²) in [6, 6.07) is 4.05. The van der Waals surface area contributed by atoms with E-state index in [-0.39, 0.29) is 5.91 Å². The number of aromatic nitrogens is 5. The minimum Gasteiger partial charge on any atom is -0.338 e. The first-order chi connectivity index (χ1) is 13.7. The first kappa shape index (κ1) is 18.2. The number of hydrogen-bond donors (Lipinski definition) is 0. The lowest BCUT2D eigenvalue weighted by atomic mass is 10.0. The van der Waals surface area contributed by atoms with Crippen LogP contribution in [0.15, 0.2) is 47.6 Å². The third-order valence-electron chi connectivity index (χ3n) is 4.95. The smallest absolute Gasteiger partial charge is 0.274 e. The van der Waals surface area contributed by atoms with Gasteiger partial charge in [-0.1, -0.05) is 5.16 Å². The van der Waals surface area contributed by atoms with Crippen LogP contribution in [0, 0.1) is 0 Å². The SMILES string of the molecule is CN(Cc1nc(-c2ccncc2)no1)C1CCN(C(=O)c2cnccn2)CC1. The monoisotopic (exact) mass is 379 g/mol. The van der Waals surface area contributed by atoms with Crippen molar-refractivity contribution in [3.05, 3.63) is 54.7 Å². The molecule has 144 valence electrons. The number of piperidine rings is 1. The highest BCUT2D eigenvalue weighted by atomic mass is 16.5. The van der Waals surface area contributed by atoms with Crippen LogP contribution in [0.25, 0.3) is 11.4 Å². The van der Waals surface area contributed by atoms with Crippen molar-refractivity contribution in [2.24, 2.45) is 0 Å². The molecule has 0 N–H and O–H groups in total.